The number of Topliss-reactive ketones (excluding diaryl/α,β-unsaturated/α-hetero) is 2. The van der Waals surface area contributed by atoms with Gasteiger partial charge >= 0.3 is 0 Å². The fourth-order valence-corrected chi connectivity index (χ4v) is 6.07. The standard InChI is InChI=1S/C22H18BrN3O4S2/c1-9-19(11(3)27)32-22(25-9)26-16(13-7-5-6-8-14(13)23)15(18(29)21(26)30)17(28)20-10(2)24-12(4)31-20/h5-8,16,29H,1-4H3. The third-order valence-electron chi connectivity index (χ3n) is 5.07. The molecule has 32 heavy (non-hydrogen) atoms. The summed E-state index contributed by atoms with van der Waals surface area (Å²) in [6.07, 6.45) is 0. The largest absolute Gasteiger partial charge is 0.503 e. The predicted octanol–water partition coefficient (Wildman–Crippen LogP) is 5.27. The summed E-state index contributed by atoms with van der Waals surface area (Å²) < 4.78 is 0.667. The normalized spacial score (nSPS) is 16.2. The van der Waals surface area contributed by atoms with Crippen LogP contribution in [-0.2, 0) is 4.79 Å². The summed E-state index contributed by atoms with van der Waals surface area (Å²) in [5.41, 5.74) is 1.61. The lowest BCUT2D eigenvalue weighted by atomic mass is 9.95. The molecule has 0 fully saturated rings. The Kier molecular flexibility index (Phi) is 5.87. The van der Waals surface area contributed by atoms with Crippen molar-refractivity contribution in [1.29, 1.82) is 0 Å². The molecule has 3 heterocycles. The van der Waals surface area contributed by atoms with E-state index < -0.39 is 23.5 Å². The number of amides is 1. The van der Waals surface area contributed by atoms with E-state index in [2.05, 4.69) is 25.9 Å². The van der Waals surface area contributed by atoms with Gasteiger partial charge in [-0.1, -0.05) is 45.5 Å². The lowest BCUT2D eigenvalue weighted by molar-refractivity contribution is -0.117. The van der Waals surface area contributed by atoms with E-state index in [1.165, 1.54) is 23.2 Å². The number of thiazole rings is 2. The molecule has 10 heteroatoms. The zero-order chi connectivity index (χ0) is 23.3. The van der Waals surface area contributed by atoms with Crippen LogP contribution in [0.4, 0.5) is 5.13 Å². The number of ketones is 2. The van der Waals surface area contributed by atoms with Gasteiger partial charge in [0.05, 0.1) is 37.8 Å². The molecule has 1 amide bonds. The minimum absolute atomic E-state index is 0.0362. The average molecular weight is 532 g/mol. The third kappa shape index (κ3) is 3.62. The van der Waals surface area contributed by atoms with Gasteiger partial charge in [0.1, 0.15) is 0 Å². The number of hydrogen-bond acceptors (Lipinski definition) is 8. The highest BCUT2D eigenvalue weighted by atomic mass is 79.9. The number of carbonyl (C=O) groups excluding carboxylic acids is 3. The molecule has 1 N–H and O–H groups in total. The number of benzene rings is 1. The number of halogens is 1. The van der Waals surface area contributed by atoms with Gasteiger partial charge in [0.15, 0.2) is 16.7 Å². The molecule has 0 spiro atoms. The molecule has 1 aliphatic rings. The maximum Gasteiger partial charge on any atom is 0.296 e. The van der Waals surface area contributed by atoms with Crippen molar-refractivity contribution in [1.82, 2.24) is 9.97 Å². The van der Waals surface area contributed by atoms with Gasteiger partial charge in [0.25, 0.3) is 5.91 Å². The minimum Gasteiger partial charge on any atom is -0.503 e. The molecule has 0 saturated carbocycles. The molecule has 164 valence electrons. The molecular formula is C22H18BrN3O4S2. The fourth-order valence-electron chi connectivity index (χ4n) is 3.70. The Morgan fingerprint density at radius 2 is 1.72 bits per heavy atom. The van der Waals surface area contributed by atoms with Crippen LogP contribution in [0.1, 0.15) is 54.3 Å². The molecule has 0 aliphatic carbocycles. The highest BCUT2D eigenvalue weighted by molar-refractivity contribution is 9.10. The molecule has 1 aliphatic heterocycles. The molecule has 0 saturated heterocycles. The number of carbonyl (C=O) groups is 3. The summed E-state index contributed by atoms with van der Waals surface area (Å²) in [7, 11) is 0. The summed E-state index contributed by atoms with van der Waals surface area (Å²) >= 11 is 5.78. The van der Waals surface area contributed by atoms with Crippen molar-refractivity contribution in [3.8, 4) is 0 Å². The lowest BCUT2D eigenvalue weighted by Gasteiger charge is -2.25. The third-order valence-corrected chi connectivity index (χ3v) is 8.12. The Labute approximate surface area is 200 Å². The van der Waals surface area contributed by atoms with Crippen LogP contribution in [-0.4, -0.2) is 32.5 Å². The van der Waals surface area contributed by atoms with E-state index in [4.69, 9.17) is 0 Å². The zero-order valence-electron chi connectivity index (χ0n) is 17.6. The molecule has 3 aromatic rings. The molecule has 4 rings (SSSR count). The Balaban J connectivity index is 1.93. The van der Waals surface area contributed by atoms with Gasteiger partial charge < -0.3 is 5.11 Å². The van der Waals surface area contributed by atoms with Crippen molar-refractivity contribution >= 4 is 61.2 Å². The first kappa shape index (κ1) is 22.5. The maximum atomic E-state index is 13.6. The Hall–Kier alpha value is -2.69. The topological polar surface area (TPSA) is 100 Å². The van der Waals surface area contributed by atoms with Gasteiger partial charge in [-0.2, -0.15) is 0 Å². The lowest BCUT2D eigenvalue weighted by Crippen LogP contribution is -2.31. The summed E-state index contributed by atoms with van der Waals surface area (Å²) in [6, 6.07) is 6.26. The summed E-state index contributed by atoms with van der Waals surface area (Å²) in [6.45, 7) is 6.63. The number of aliphatic hydroxyl groups is 1. The van der Waals surface area contributed by atoms with Crippen LogP contribution in [0.15, 0.2) is 40.1 Å². The summed E-state index contributed by atoms with van der Waals surface area (Å²) in [4.78, 5) is 49.6. The van der Waals surface area contributed by atoms with E-state index >= 15 is 0 Å². The summed E-state index contributed by atoms with van der Waals surface area (Å²) in [5, 5.41) is 11.8. The highest BCUT2D eigenvalue weighted by Crippen LogP contribution is 2.46. The Morgan fingerprint density at radius 3 is 2.28 bits per heavy atom. The summed E-state index contributed by atoms with van der Waals surface area (Å²) in [5.74, 6) is -1.99. The van der Waals surface area contributed by atoms with Crippen molar-refractivity contribution in [2.45, 2.75) is 33.7 Å². The van der Waals surface area contributed by atoms with Crippen LogP contribution in [0.25, 0.3) is 0 Å². The maximum absolute atomic E-state index is 13.6. The monoisotopic (exact) mass is 531 g/mol. The van der Waals surface area contributed by atoms with E-state index in [-0.39, 0.29) is 16.5 Å². The van der Waals surface area contributed by atoms with Crippen molar-refractivity contribution in [3.05, 3.63) is 71.8 Å². The first-order chi connectivity index (χ1) is 15.1. The van der Waals surface area contributed by atoms with Crippen molar-refractivity contribution in [2.75, 3.05) is 4.90 Å². The van der Waals surface area contributed by atoms with Gasteiger partial charge in [0, 0.05) is 11.4 Å². The van der Waals surface area contributed by atoms with Crippen molar-refractivity contribution < 1.29 is 19.5 Å². The minimum atomic E-state index is -0.919. The number of nitrogens with zero attached hydrogens (tertiary/aromatic N) is 3. The van der Waals surface area contributed by atoms with Gasteiger partial charge in [0.2, 0.25) is 5.78 Å². The zero-order valence-corrected chi connectivity index (χ0v) is 20.8. The van der Waals surface area contributed by atoms with Crippen LogP contribution in [0.2, 0.25) is 0 Å². The molecule has 7 nitrogen and oxygen atoms in total. The number of rotatable bonds is 5. The molecular weight excluding hydrogens is 514 g/mol. The second-order valence-corrected chi connectivity index (χ2v) is 10.3. The van der Waals surface area contributed by atoms with E-state index in [1.54, 1.807) is 39.0 Å². The van der Waals surface area contributed by atoms with E-state index in [1.807, 2.05) is 6.07 Å². The van der Waals surface area contributed by atoms with Crippen LogP contribution in [0.5, 0.6) is 0 Å². The van der Waals surface area contributed by atoms with Gasteiger partial charge in [-0.25, -0.2) is 9.97 Å². The second kappa shape index (κ2) is 8.34. The quantitative estimate of drug-likeness (QED) is 0.450. The van der Waals surface area contributed by atoms with E-state index in [0.717, 1.165) is 11.3 Å². The number of aliphatic hydroxyl groups excluding tert-OH is 1. The first-order valence-electron chi connectivity index (χ1n) is 9.60. The van der Waals surface area contributed by atoms with Crippen LogP contribution < -0.4 is 4.90 Å². The number of anilines is 1. The van der Waals surface area contributed by atoms with Gasteiger partial charge in [-0.05, 0) is 32.4 Å². The number of aryl methyl sites for hydroxylation is 3. The van der Waals surface area contributed by atoms with Gasteiger partial charge in [-0.3, -0.25) is 19.3 Å². The second-order valence-electron chi connectivity index (χ2n) is 7.31. The van der Waals surface area contributed by atoms with Crippen LogP contribution >= 0.6 is 38.6 Å². The average Bonchev–Trinajstić information content (AvgIpc) is 3.35. The molecule has 0 radical (unpaired) electrons. The van der Waals surface area contributed by atoms with Crippen molar-refractivity contribution in [2.24, 2.45) is 0 Å². The first-order valence-corrected chi connectivity index (χ1v) is 12.0. The number of hydrogen-bond donors (Lipinski definition) is 1. The SMILES string of the molecule is CC(=O)c1sc(N2C(=O)C(O)=C(C(=O)c3sc(C)nc3C)C2c2ccccc2Br)nc1C. The van der Waals surface area contributed by atoms with Gasteiger partial charge in [-0.15, -0.1) is 11.3 Å². The molecule has 1 aromatic carbocycles. The smallest absolute Gasteiger partial charge is 0.296 e. The molecule has 1 atom stereocenters. The van der Waals surface area contributed by atoms with E-state index in [9.17, 15) is 19.5 Å². The molecule has 2 aromatic heterocycles. The molecule has 1 unspecified atom stereocenters. The van der Waals surface area contributed by atoms with Crippen LogP contribution in [0, 0.1) is 20.8 Å². The fraction of sp³-hybridized carbons (Fsp3) is 0.227. The Bertz CT molecular complexity index is 1320. The molecule has 0 bridgehead atoms. The predicted molar refractivity (Wildman–Crippen MR) is 127 cm³/mol. The van der Waals surface area contributed by atoms with Crippen LogP contribution in [0.3, 0.4) is 0 Å². The van der Waals surface area contributed by atoms with Crippen molar-refractivity contribution in [3.63, 3.8) is 0 Å². The highest BCUT2D eigenvalue weighted by Gasteiger charge is 2.47. The number of aromatic nitrogens is 2. The Morgan fingerprint density at radius 1 is 1.06 bits per heavy atom. The van der Waals surface area contributed by atoms with E-state index in [0.29, 0.717) is 36.2 Å².